The highest BCUT2D eigenvalue weighted by Crippen LogP contribution is 2.29. The number of hydrogen-bond acceptors (Lipinski definition) is 4. The van der Waals surface area contributed by atoms with Crippen LogP contribution in [0.2, 0.25) is 0 Å². The topological polar surface area (TPSA) is 59.3 Å². The first-order chi connectivity index (χ1) is 9.52. The Morgan fingerprint density at radius 3 is 2.95 bits per heavy atom. The van der Waals surface area contributed by atoms with E-state index in [1.807, 2.05) is 13.8 Å². The highest BCUT2D eigenvalue weighted by Gasteiger charge is 2.21. The number of hydrogen-bond donors (Lipinski definition) is 0. The Hall–Kier alpha value is -2.02. The van der Waals surface area contributed by atoms with Crippen molar-refractivity contribution in [1.82, 2.24) is 0 Å². The van der Waals surface area contributed by atoms with Crippen LogP contribution in [-0.4, -0.2) is 19.0 Å². The molecular formula is C16H19NO3. The molecule has 0 unspecified atom stereocenters. The summed E-state index contributed by atoms with van der Waals surface area (Å²) in [5, 5.41) is 8.92. The van der Waals surface area contributed by atoms with Crippen molar-refractivity contribution in [3.8, 4) is 17.6 Å². The molecule has 1 aliphatic rings. The third kappa shape index (κ3) is 3.51. The summed E-state index contributed by atoms with van der Waals surface area (Å²) in [5.74, 6) is 1.35. The molecule has 1 aromatic rings. The Kier molecular flexibility index (Phi) is 4.29. The van der Waals surface area contributed by atoms with Crippen molar-refractivity contribution in [3.63, 3.8) is 0 Å². The normalized spacial score (nSPS) is 13.6. The Bertz CT molecular complexity index is 543. The van der Waals surface area contributed by atoms with Gasteiger partial charge in [0, 0.05) is 6.07 Å². The van der Waals surface area contributed by atoms with E-state index in [4.69, 9.17) is 14.7 Å². The predicted octanol–water partition coefficient (Wildman–Crippen LogP) is 3.36. The number of carbonyl (C=O) groups excluding carboxylic acids is 1. The number of fused-ring (bicyclic) bond motifs is 1. The van der Waals surface area contributed by atoms with Gasteiger partial charge in [0.25, 0.3) is 0 Å². The summed E-state index contributed by atoms with van der Waals surface area (Å²) in [4.78, 5) is 11.4. The molecule has 0 amide bonds. The van der Waals surface area contributed by atoms with Crippen LogP contribution in [0.4, 0.5) is 0 Å². The van der Waals surface area contributed by atoms with Gasteiger partial charge >= 0.3 is 0 Å². The number of Topliss-reactive ketones (excluding diaryl/α,β-unsaturated/α-hetero) is 1. The van der Waals surface area contributed by atoms with Gasteiger partial charge in [-0.25, -0.2) is 0 Å². The molecule has 1 aromatic carbocycles. The summed E-state index contributed by atoms with van der Waals surface area (Å²) < 4.78 is 10.9. The van der Waals surface area contributed by atoms with Crippen LogP contribution in [0.15, 0.2) is 18.2 Å². The third-order valence-corrected chi connectivity index (χ3v) is 3.38. The first kappa shape index (κ1) is 14.4. The molecule has 0 saturated carbocycles. The number of carbonyl (C=O) groups is 1. The highest BCUT2D eigenvalue weighted by atomic mass is 16.5. The first-order valence-electron chi connectivity index (χ1n) is 6.86. The third-order valence-electron chi connectivity index (χ3n) is 3.38. The molecule has 0 saturated heterocycles. The van der Waals surface area contributed by atoms with E-state index in [9.17, 15) is 4.79 Å². The van der Waals surface area contributed by atoms with E-state index in [1.54, 1.807) is 18.2 Å². The quantitative estimate of drug-likeness (QED) is 0.746. The summed E-state index contributed by atoms with van der Waals surface area (Å²) in [6.07, 6.45) is 2.73. The van der Waals surface area contributed by atoms with Gasteiger partial charge in [0.15, 0.2) is 6.61 Å². The van der Waals surface area contributed by atoms with Gasteiger partial charge in [-0.1, -0.05) is 0 Å². The second-order valence-electron chi connectivity index (χ2n) is 5.67. The van der Waals surface area contributed by atoms with Gasteiger partial charge in [0.05, 0.1) is 23.7 Å². The monoisotopic (exact) mass is 273 g/mol. The zero-order valence-corrected chi connectivity index (χ0v) is 11.9. The molecule has 1 heterocycles. The zero-order chi connectivity index (χ0) is 14.6. The average molecular weight is 273 g/mol. The maximum absolute atomic E-state index is 11.4. The SMILES string of the molecule is CC(C)(C#N)CCCCOc1ccc2c(c1)OCC2=O. The zero-order valence-electron chi connectivity index (χ0n) is 11.9. The second kappa shape index (κ2) is 5.96. The molecule has 0 aliphatic carbocycles. The van der Waals surface area contributed by atoms with Gasteiger partial charge in [0.2, 0.25) is 5.78 Å². The molecule has 1 aliphatic heterocycles. The van der Waals surface area contributed by atoms with Gasteiger partial charge in [-0.05, 0) is 45.2 Å². The summed E-state index contributed by atoms with van der Waals surface area (Å²) in [6.45, 7) is 4.63. The molecule has 0 N–H and O–H groups in total. The molecule has 4 nitrogen and oxygen atoms in total. The van der Waals surface area contributed by atoms with Gasteiger partial charge in [-0.2, -0.15) is 5.26 Å². The first-order valence-corrected chi connectivity index (χ1v) is 6.86. The lowest BCUT2D eigenvalue weighted by molar-refractivity contribution is 0.0961. The van der Waals surface area contributed by atoms with E-state index in [0.717, 1.165) is 25.0 Å². The van der Waals surface area contributed by atoms with E-state index < -0.39 is 0 Å². The van der Waals surface area contributed by atoms with Crippen molar-refractivity contribution >= 4 is 5.78 Å². The fourth-order valence-corrected chi connectivity index (χ4v) is 2.08. The smallest absolute Gasteiger partial charge is 0.203 e. The van der Waals surface area contributed by atoms with Crippen LogP contribution in [0, 0.1) is 16.7 Å². The standard InChI is InChI=1S/C16H19NO3/c1-16(2,11-17)7-3-4-8-19-12-5-6-13-14(18)10-20-15(13)9-12/h5-6,9H,3-4,7-8,10H2,1-2H3. The van der Waals surface area contributed by atoms with E-state index in [2.05, 4.69) is 6.07 Å². The van der Waals surface area contributed by atoms with Crippen LogP contribution in [0.3, 0.4) is 0 Å². The van der Waals surface area contributed by atoms with Crippen LogP contribution in [0.25, 0.3) is 0 Å². The maximum Gasteiger partial charge on any atom is 0.203 e. The van der Waals surface area contributed by atoms with E-state index >= 15 is 0 Å². The number of benzene rings is 1. The molecule has 20 heavy (non-hydrogen) atoms. The molecule has 0 aromatic heterocycles. The van der Waals surface area contributed by atoms with Crippen LogP contribution >= 0.6 is 0 Å². The number of rotatable bonds is 6. The van der Waals surface area contributed by atoms with Crippen molar-refractivity contribution in [1.29, 1.82) is 5.26 Å². The maximum atomic E-state index is 11.4. The van der Waals surface area contributed by atoms with Crippen LogP contribution < -0.4 is 9.47 Å². The van der Waals surface area contributed by atoms with Crippen molar-refractivity contribution in [2.24, 2.45) is 5.41 Å². The lowest BCUT2D eigenvalue weighted by atomic mass is 9.89. The average Bonchev–Trinajstić information content (AvgIpc) is 2.79. The minimum absolute atomic E-state index is 0.0188. The molecule has 4 heteroatoms. The Balaban J connectivity index is 1.76. The van der Waals surface area contributed by atoms with Gasteiger partial charge in [-0.15, -0.1) is 0 Å². The summed E-state index contributed by atoms with van der Waals surface area (Å²) in [6, 6.07) is 7.60. The summed E-state index contributed by atoms with van der Waals surface area (Å²) >= 11 is 0. The fourth-order valence-electron chi connectivity index (χ4n) is 2.08. The van der Waals surface area contributed by atoms with Crippen LogP contribution in [-0.2, 0) is 0 Å². The van der Waals surface area contributed by atoms with Crippen molar-refractivity contribution in [2.45, 2.75) is 33.1 Å². The van der Waals surface area contributed by atoms with Crippen molar-refractivity contribution in [2.75, 3.05) is 13.2 Å². The Morgan fingerprint density at radius 1 is 1.40 bits per heavy atom. The fraction of sp³-hybridized carbons (Fsp3) is 0.500. The van der Waals surface area contributed by atoms with Crippen LogP contribution in [0.1, 0.15) is 43.5 Å². The minimum atomic E-state index is -0.262. The van der Waals surface area contributed by atoms with E-state index in [-0.39, 0.29) is 17.8 Å². The Labute approximate surface area is 119 Å². The number of ketones is 1. The molecule has 0 fully saturated rings. The van der Waals surface area contributed by atoms with E-state index in [1.165, 1.54) is 0 Å². The van der Waals surface area contributed by atoms with Crippen LogP contribution in [0.5, 0.6) is 11.5 Å². The molecule has 2 rings (SSSR count). The molecular weight excluding hydrogens is 254 g/mol. The largest absolute Gasteiger partial charge is 0.493 e. The van der Waals surface area contributed by atoms with Gasteiger partial charge < -0.3 is 9.47 Å². The summed E-state index contributed by atoms with van der Waals surface area (Å²) in [5.41, 5.74) is 0.370. The van der Waals surface area contributed by atoms with Gasteiger partial charge in [0.1, 0.15) is 11.5 Å². The summed E-state index contributed by atoms with van der Waals surface area (Å²) in [7, 11) is 0. The molecule has 0 radical (unpaired) electrons. The van der Waals surface area contributed by atoms with Crippen molar-refractivity contribution in [3.05, 3.63) is 23.8 Å². The van der Waals surface area contributed by atoms with E-state index in [0.29, 0.717) is 17.9 Å². The molecule has 0 spiro atoms. The lowest BCUT2D eigenvalue weighted by Crippen LogP contribution is -2.08. The van der Waals surface area contributed by atoms with Gasteiger partial charge in [-0.3, -0.25) is 4.79 Å². The molecule has 0 bridgehead atoms. The Morgan fingerprint density at radius 2 is 2.20 bits per heavy atom. The number of unbranched alkanes of at least 4 members (excludes halogenated alkanes) is 1. The minimum Gasteiger partial charge on any atom is -0.493 e. The second-order valence-corrected chi connectivity index (χ2v) is 5.67. The number of ether oxygens (including phenoxy) is 2. The number of nitriles is 1. The highest BCUT2D eigenvalue weighted by molar-refractivity contribution is 6.02. The molecule has 0 atom stereocenters. The lowest BCUT2D eigenvalue weighted by Gasteiger charge is -2.14. The predicted molar refractivity (Wildman–Crippen MR) is 75.0 cm³/mol. The van der Waals surface area contributed by atoms with Crippen molar-refractivity contribution < 1.29 is 14.3 Å². The molecule has 106 valence electrons. The number of nitrogens with zero attached hydrogens (tertiary/aromatic N) is 1.